The van der Waals surface area contributed by atoms with Crippen molar-refractivity contribution in [3.8, 4) is 22.9 Å². The van der Waals surface area contributed by atoms with E-state index in [1.54, 1.807) is 30.3 Å². The van der Waals surface area contributed by atoms with Gasteiger partial charge in [0.25, 0.3) is 5.56 Å². The van der Waals surface area contributed by atoms with Crippen molar-refractivity contribution in [2.45, 2.75) is 6.61 Å². The Kier molecular flexibility index (Phi) is 4.11. The molecule has 5 heteroatoms. The largest absolute Gasteiger partial charge is 0.504 e. The third-order valence-electron chi connectivity index (χ3n) is 4.08. The summed E-state index contributed by atoms with van der Waals surface area (Å²) in [5.41, 5.74) is 2.07. The summed E-state index contributed by atoms with van der Waals surface area (Å²) in [4.78, 5) is 19.5. The maximum absolute atomic E-state index is 12.3. The SMILES string of the molecule is O=c1[nH]c(-c2ccc(O)c(OCc3ccccc3)c2)nc2ccccc12. The van der Waals surface area contributed by atoms with E-state index in [0.717, 1.165) is 5.56 Å². The highest BCUT2D eigenvalue weighted by molar-refractivity contribution is 5.79. The summed E-state index contributed by atoms with van der Waals surface area (Å²) in [6.07, 6.45) is 0. The fourth-order valence-corrected chi connectivity index (χ4v) is 2.74. The van der Waals surface area contributed by atoms with Gasteiger partial charge in [-0.25, -0.2) is 4.98 Å². The molecule has 0 atom stereocenters. The molecule has 1 heterocycles. The number of ether oxygens (including phenoxy) is 1. The molecule has 0 saturated heterocycles. The molecule has 128 valence electrons. The van der Waals surface area contributed by atoms with Crippen LogP contribution in [0.3, 0.4) is 0 Å². The van der Waals surface area contributed by atoms with E-state index in [2.05, 4.69) is 9.97 Å². The number of benzene rings is 3. The lowest BCUT2D eigenvalue weighted by atomic mass is 10.1. The zero-order valence-electron chi connectivity index (χ0n) is 13.8. The molecule has 0 aliphatic heterocycles. The number of hydrogen-bond acceptors (Lipinski definition) is 4. The van der Waals surface area contributed by atoms with Gasteiger partial charge in [-0.15, -0.1) is 0 Å². The molecule has 0 bridgehead atoms. The third kappa shape index (κ3) is 3.15. The number of phenols is 1. The number of rotatable bonds is 4. The molecule has 0 fully saturated rings. The number of H-pyrrole nitrogens is 1. The monoisotopic (exact) mass is 344 g/mol. The maximum atomic E-state index is 12.3. The van der Waals surface area contributed by atoms with Gasteiger partial charge in [0.15, 0.2) is 11.5 Å². The number of phenolic OH excluding ortho intramolecular Hbond substituents is 1. The number of aromatic amines is 1. The zero-order chi connectivity index (χ0) is 17.9. The molecule has 26 heavy (non-hydrogen) atoms. The molecular weight excluding hydrogens is 328 g/mol. The second-order valence-electron chi connectivity index (χ2n) is 5.89. The van der Waals surface area contributed by atoms with Gasteiger partial charge in [-0.05, 0) is 35.9 Å². The second kappa shape index (κ2) is 6.72. The van der Waals surface area contributed by atoms with Crippen LogP contribution in [0.15, 0.2) is 77.6 Å². The average Bonchev–Trinajstić information content (AvgIpc) is 2.68. The van der Waals surface area contributed by atoms with Gasteiger partial charge in [0.1, 0.15) is 12.4 Å². The van der Waals surface area contributed by atoms with Crippen molar-refractivity contribution in [1.82, 2.24) is 9.97 Å². The van der Waals surface area contributed by atoms with Gasteiger partial charge in [-0.2, -0.15) is 0 Å². The maximum Gasteiger partial charge on any atom is 0.259 e. The van der Waals surface area contributed by atoms with Crippen molar-refractivity contribution in [3.05, 3.63) is 88.7 Å². The van der Waals surface area contributed by atoms with Gasteiger partial charge in [0, 0.05) is 5.56 Å². The van der Waals surface area contributed by atoms with Crippen molar-refractivity contribution in [2.24, 2.45) is 0 Å². The van der Waals surface area contributed by atoms with Crippen molar-refractivity contribution in [1.29, 1.82) is 0 Å². The number of fused-ring (bicyclic) bond motifs is 1. The summed E-state index contributed by atoms with van der Waals surface area (Å²) in [7, 11) is 0. The van der Waals surface area contributed by atoms with Crippen LogP contribution in [0, 0.1) is 0 Å². The normalized spacial score (nSPS) is 10.8. The standard InChI is InChI=1S/C21H16N2O3/c24-18-11-10-15(12-19(18)26-13-14-6-2-1-3-7-14)20-22-17-9-5-4-8-16(17)21(25)23-20/h1-12,24H,13H2,(H,22,23,25). The van der Waals surface area contributed by atoms with Crippen LogP contribution in [0.1, 0.15) is 5.56 Å². The van der Waals surface area contributed by atoms with Crippen LogP contribution in [-0.2, 0) is 6.61 Å². The van der Waals surface area contributed by atoms with E-state index in [0.29, 0.717) is 34.6 Å². The van der Waals surface area contributed by atoms with Crippen LogP contribution in [0.25, 0.3) is 22.3 Å². The summed E-state index contributed by atoms with van der Waals surface area (Å²) in [5, 5.41) is 10.6. The van der Waals surface area contributed by atoms with E-state index in [9.17, 15) is 9.90 Å². The molecule has 2 N–H and O–H groups in total. The Morgan fingerprint density at radius 1 is 0.962 bits per heavy atom. The predicted molar refractivity (Wildman–Crippen MR) is 100 cm³/mol. The predicted octanol–water partition coefficient (Wildman–Crippen LogP) is 3.87. The molecule has 0 radical (unpaired) electrons. The second-order valence-corrected chi connectivity index (χ2v) is 5.89. The molecule has 1 aromatic heterocycles. The van der Waals surface area contributed by atoms with Crippen LogP contribution >= 0.6 is 0 Å². The van der Waals surface area contributed by atoms with Crippen LogP contribution in [0.5, 0.6) is 11.5 Å². The third-order valence-corrected chi connectivity index (χ3v) is 4.08. The number of hydrogen-bond donors (Lipinski definition) is 2. The van der Waals surface area contributed by atoms with Crippen LogP contribution in [0.4, 0.5) is 0 Å². The van der Waals surface area contributed by atoms with E-state index in [1.807, 2.05) is 36.4 Å². The molecule has 0 unspecified atom stereocenters. The number of para-hydroxylation sites is 1. The summed E-state index contributed by atoms with van der Waals surface area (Å²) < 4.78 is 5.73. The number of nitrogens with zero attached hydrogens (tertiary/aromatic N) is 1. The van der Waals surface area contributed by atoms with E-state index in [-0.39, 0.29) is 11.3 Å². The van der Waals surface area contributed by atoms with Gasteiger partial charge in [0.05, 0.1) is 10.9 Å². The lowest BCUT2D eigenvalue weighted by Crippen LogP contribution is -2.09. The Hall–Kier alpha value is -3.60. The number of aromatic hydroxyl groups is 1. The smallest absolute Gasteiger partial charge is 0.259 e. The summed E-state index contributed by atoms with van der Waals surface area (Å²) >= 11 is 0. The minimum atomic E-state index is -0.203. The average molecular weight is 344 g/mol. The van der Waals surface area contributed by atoms with E-state index >= 15 is 0 Å². The van der Waals surface area contributed by atoms with Crippen LogP contribution in [0.2, 0.25) is 0 Å². The highest BCUT2D eigenvalue weighted by Crippen LogP contribution is 2.31. The van der Waals surface area contributed by atoms with Gasteiger partial charge < -0.3 is 14.8 Å². The molecule has 0 aliphatic rings. The molecule has 0 spiro atoms. The molecule has 4 aromatic rings. The first-order valence-electron chi connectivity index (χ1n) is 8.20. The Bertz CT molecular complexity index is 1120. The highest BCUT2D eigenvalue weighted by Gasteiger charge is 2.10. The lowest BCUT2D eigenvalue weighted by molar-refractivity contribution is 0.289. The van der Waals surface area contributed by atoms with Crippen molar-refractivity contribution < 1.29 is 9.84 Å². The topological polar surface area (TPSA) is 75.2 Å². The number of nitrogens with one attached hydrogen (secondary N) is 1. The Balaban J connectivity index is 1.68. The summed E-state index contributed by atoms with van der Waals surface area (Å²) in [6.45, 7) is 0.333. The van der Waals surface area contributed by atoms with Gasteiger partial charge in [-0.3, -0.25) is 4.79 Å². The Morgan fingerprint density at radius 3 is 2.58 bits per heavy atom. The molecule has 3 aromatic carbocycles. The lowest BCUT2D eigenvalue weighted by Gasteiger charge is -2.10. The summed E-state index contributed by atoms with van der Waals surface area (Å²) in [5.74, 6) is 0.799. The molecule has 0 saturated carbocycles. The Morgan fingerprint density at radius 2 is 1.73 bits per heavy atom. The molecule has 0 aliphatic carbocycles. The Labute approximate surface area is 149 Å². The van der Waals surface area contributed by atoms with E-state index in [1.165, 1.54) is 6.07 Å². The zero-order valence-corrected chi connectivity index (χ0v) is 13.8. The fourth-order valence-electron chi connectivity index (χ4n) is 2.74. The first-order valence-corrected chi connectivity index (χ1v) is 8.20. The molecule has 4 rings (SSSR count). The quantitative estimate of drug-likeness (QED) is 0.589. The van der Waals surface area contributed by atoms with Crippen molar-refractivity contribution in [2.75, 3.05) is 0 Å². The van der Waals surface area contributed by atoms with Crippen LogP contribution in [-0.4, -0.2) is 15.1 Å². The van der Waals surface area contributed by atoms with Gasteiger partial charge in [-0.1, -0.05) is 42.5 Å². The van der Waals surface area contributed by atoms with Gasteiger partial charge >= 0.3 is 0 Å². The first kappa shape index (κ1) is 15.9. The molecular formula is C21H16N2O3. The minimum absolute atomic E-state index is 0.0350. The van der Waals surface area contributed by atoms with E-state index in [4.69, 9.17) is 4.74 Å². The van der Waals surface area contributed by atoms with E-state index < -0.39 is 0 Å². The van der Waals surface area contributed by atoms with Crippen molar-refractivity contribution >= 4 is 10.9 Å². The van der Waals surface area contributed by atoms with Gasteiger partial charge in [0.2, 0.25) is 0 Å². The molecule has 0 amide bonds. The first-order chi connectivity index (χ1) is 12.7. The summed E-state index contributed by atoms with van der Waals surface area (Å²) in [6, 6.07) is 21.7. The fraction of sp³-hybridized carbons (Fsp3) is 0.0476. The molecule has 5 nitrogen and oxygen atoms in total. The number of aromatic nitrogens is 2. The minimum Gasteiger partial charge on any atom is -0.504 e. The highest BCUT2D eigenvalue weighted by atomic mass is 16.5. The van der Waals surface area contributed by atoms with Crippen molar-refractivity contribution in [3.63, 3.8) is 0 Å². The van der Waals surface area contributed by atoms with Crippen LogP contribution < -0.4 is 10.3 Å².